The summed E-state index contributed by atoms with van der Waals surface area (Å²) in [6.07, 6.45) is 0.111. The molecule has 0 radical (unpaired) electrons. The minimum atomic E-state index is -3.88. The third-order valence-electron chi connectivity index (χ3n) is 3.38. The van der Waals surface area contributed by atoms with Crippen molar-refractivity contribution < 1.29 is 26.7 Å². The second-order valence-corrected chi connectivity index (χ2v) is 9.02. The minimum Gasteiger partial charge on any atom is -0.444 e. The van der Waals surface area contributed by atoms with Gasteiger partial charge in [0.05, 0.1) is 5.75 Å². The SMILES string of the molecule is CCS(=O)(=O)c1c(NC(=O)OC(C)(C)C)nc2ccc(C(C)(F)F)cn12. The number of ether oxygens (including phenoxy) is 1. The van der Waals surface area contributed by atoms with E-state index in [9.17, 15) is 22.0 Å². The molecule has 0 unspecified atom stereocenters. The van der Waals surface area contributed by atoms with Gasteiger partial charge in [0, 0.05) is 18.7 Å². The Morgan fingerprint density at radius 3 is 2.38 bits per heavy atom. The van der Waals surface area contributed by atoms with Gasteiger partial charge < -0.3 is 4.74 Å². The van der Waals surface area contributed by atoms with Crippen molar-refractivity contribution in [3.05, 3.63) is 23.9 Å². The van der Waals surface area contributed by atoms with Crippen LogP contribution in [0.5, 0.6) is 0 Å². The van der Waals surface area contributed by atoms with E-state index in [2.05, 4.69) is 10.3 Å². The van der Waals surface area contributed by atoms with Gasteiger partial charge >= 0.3 is 6.09 Å². The van der Waals surface area contributed by atoms with E-state index < -0.39 is 27.5 Å². The van der Waals surface area contributed by atoms with Crippen LogP contribution in [0.1, 0.15) is 40.2 Å². The molecule has 2 aromatic rings. The van der Waals surface area contributed by atoms with E-state index in [1.165, 1.54) is 13.0 Å². The van der Waals surface area contributed by atoms with E-state index in [0.29, 0.717) is 6.92 Å². The van der Waals surface area contributed by atoms with Crippen molar-refractivity contribution >= 4 is 27.4 Å². The number of aromatic nitrogens is 2. The Kier molecular flexibility index (Phi) is 5.02. The molecule has 10 heteroatoms. The highest BCUT2D eigenvalue weighted by atomic mass is 32.2. The maximum Gasteiger partial charge on any atom is 0.413 e. The van der Waals surface area contributed by atoms with Crippen molar-refractivity contribution in [1.29, 1.82) is 0 Å². The predicted molar refractivity (Wildman–Crippen MR) is 92.3 cm³/mol. The van der Waals surface area contributed by atoms with Gasteiger partial charge in [-0.1, -0.05) is 6.92 Å². The first-order valence-electron chi connectivity index (χ1n) is 7.88. The summed E-state index contributed by atoms with van der Waals surface area (Å²) < 4.78 is 58.4. The molecule has 0 saturated heterocycles. The molecule has 0 spiro atoms. The van der Waals surface area contributed by atoms with Crippen molar-refractivity contribution in [1.82, 2.24) is 9.38 Å². The number of rotatable bonds is 4. The molecule has 26 heavy (non-hydrogen) atoms. The van der Waals surface area contributed by atoms with E-state index in [1.54, 1.807) is 20.8 Å². The fraction of sp³-hybridized carbons (Fsp3) is 0.500. The van der Waals surface area contributed by atoms with Crippen LogP contribution in [0, 0.1) is 0 Å². The summed E-state index contributed by atoms with van der Waals surface area (Å²) in [5, 5.41) is 1.93. The molecular weight excluding hydrogens is 368 g/mol. The third kappa shape index (κ3) is 4.29. The number of amides is 1. The molecule has 0 atom stereocenters. The summed E-state index contributed by atoms with van der Waals surface area (Å²) >= 11 is 0. The zero-order valence-electron chi connectivity index (χ0n) is 15.1. The third-order valence-corrected chi connectivity index (χ3v) is 5.11. The summed E-state index contributed by atoms with van der Waals surface area (Å²) in [5.41, 5.74) is -1.07. The second-order valence-electron chi connectivity index (χ2n) is 6.83. The average Bonchev–Trinajstić information content (AvgIpc) is 2.81. The average molecular weight is 389 g/mol. The molecule has 1 N–H and O–H groups in total. The fourth-order valence-corrected chi connectivity index (χ4v) is 3.31. The standard InChI is InChI=1S/C16H21F2N3O4S/c1-6-26(23,24)13-12(20-14(22)25-15(2,3)4)19-11-8-7-10(9-21(11)13)16(5,17)18/h7-9H,6H2,1-5H3,(H,20,22). The van der Waals surface area contributed by atoms with Crippen LogP contribution in [0.2, 0.25) is 0 Å². The quantitative estimate of drug-likeness (QED) is 0.863. The Balaban J connectivity index is 2.63. The van der Waals surface area contributed by atoms with Crippen LogP contribution in [-0.4, -0.2) is 35.2 Å². The van der Waals surface area contributed by atoms with Gasteiger partial charge in [0.25, 0.3) is 5.92 Å². The molecule has 0 aliphatic rings. The van der Waals surface area contributed by atoms with Crippen LogP contribution < -0.4 is 5.32 Å². The first-order chi connectivity index (χ1) is 11.7. The maximum absolute atomic E-state index is 13.6. The first kappa shape index (κ1) is 20.1. The number of fused-ring (bicyclic) bond motifs is 1. The Morgan fingerprint density at radius 1 is 1.27 bits per heavy atom. The van der Waals surface area contributed by atoms with E-state index in [4.69, 9.17) is 4.74 Å². The molecule has 0 aliphatic carbocycles. The van der Waals surface area contributed by atoms with E-state index >= 15 is 0 Å². The molecule has 2 rings (SSSR count). The van der Waals surface area contributed by atoms with Crippen molar-refractivity contribution in [2.45, 2.75) is 51.2 Å². The maximum atomic E-state index is 13.6. The number of alkyl halides is 2. The van der Waals surface area contributed by atoms with Crippen molar-refractivity contribution in [2.75, 3.05) is 11.1 Å². The molecule has 2 aromatic heterocycles. The number of carbonyl (C=O) groups excluding carboxylic acids is 1. The lowest BCUT2D eigenvalue weighted by atomic mass is 10.2. The van der Waals surface area contributed by atoms with Gasteiger partial charge in [-0.2, -0.15) is 0 Å². The molecule has 0 fully saturated rings. The smallest absolute Gasteiger partial charge is 0.413 e. The van der Waals surface area contributed by atoms with E-state index in [-0.39, 0.29) is 27.8 Å². The fourth-order valence-electron chi connectivity index (χ4n) is 2.20. The number of nitrogens with one attached hydrogen (secondary N) is 1. The second kappa shape index (κ2) is 6.49. The van der Waals surface area contributed by atoms with Crippen LogP contribution in [0.15, 0.2) is 23.4 Å². The summed E-state index contributed by atoms with van der Waals surface area (Å²) in [6, 6.07) is 2.42. The van der Waals surface area contributed by atoms with Gasteiger partial charge in [0.15, 0.2) is 20.7 Å². The van der Waals surface area contributed by atoms with Crippen LogP contribution in [0.3, 0.4) is 0 Å². The summed E-state index contributed by atoms with van der Waals surface area (Å²) in [5.74, 6) is -3.72. The highest BCUT2D eigenvalue weighted by molar-refractivity contribution is 7.91. The van der Waals surface area contributed by atoms with Crippen LogP contribution >= 0.6 is 0 Å². The van der Waals surface area contributed by atoms with Crippen LogP contribution in [0.25, 0.3) is 5.65 Å². The Labute approximate surface area is 150 Å². The molecule has 0 aromatic carbocycles. The lowest BCUT2D eigenvalue weighted by Gasteiger charge is -2.19. The Hall–Kier alpha value is -2.23. The number of nitrogens with zero attached hydrogens (tertiary/aromatic N) is 2. The van der Waals surface area contributed by atoms with Gasteiger partial charge in [-0.3, -0.25) is 9.72 Å². The molecule has 1 amide bonds. The zero-order chi connectivity index (χ0) is 19.9. The molecular formula is C16H21F2N3O4S. The number of pyridine rings is 1. The van der Waals surface area contributed by atoms with E-state index in [1.807, 2.05) is 0 Å². The number of halogens is 2. The largest absolute Gasteiger partial charge is 0.444 e. The Bertz CT molecular complexity index is 941. The highest BCUT2D eigenvalue weighted by Gasteiger charge is 2.30. The number of sulfone groups is 1. The van der Waals surface area contributed by atoms with Gasteiger partial charge in [0.1, 0.15) is 11.2 Å². The van der Waals surface area contributed by atoms with Crippen LogP contribution in [-0.2, 0) is 20.5 Å². The van der Waals surface area contributed by atoms with Gasteiger partial charge in [-0.05, 0) is 32.9 Å². The number of anilines is 1. The molecule has 0 aliphatic heterocycles. The lowest BCUT2D eigenvalue weighted by molar-refractivity contribution is 0.0170. The van der Waals surface area contributed by atoms with Gasteiger partial charge in [0.2, 0.25) is 0 Å². The summed E-state index contributed by atoms with van der Waals surface area (Å²) in [4.78, 5) is 16.0. The number of hydrogen-bond donors (Lipinski definition) is 1. The molecule has 0 saturated carbocycles. The normalized spacial score (nSPS) is 13.0. The Morgan fingerprint density at radius 2 is 1.88 bits per heavy atom. The van der Waals surface area contributed by atoms with Gasteiger partial charge in [-0.25, -0.2) is 27.0 Å². The monoisotopic (exact) mass is 389 g/mol. The van der Waals surface area contributed by atoms with Crippen molar-refractivity contribution in [3.8, 4) is 0 Å². The van der Waals surface area contributed by atoms with Gasteiger partial charge in [-0.15, -0.1) is 0 Å². The van der Waals surface area contributed by atoms with Crippen molar-refractivity contribution in [2.24, 2.45) is 0 Å². The summed E-state index contributed by atoms with van der Waals surface area (Å²) in [6.45, 7) is 7.06. The topological polar surface area (TPSA) is 89.8 Å². The van der Waals surface area contributed by atoms with Crippen LogP contribution in [0.4, 0.5) is 19.4 Å². The first-order valence-corrected chi connectivity index (χ1v) is 9.53. The van der Waals surface area contributed by atoms with Crippen molar-refractivity contribution in [3.63, 3.8) is 0 Å². The molecule has 2 heterocycles. The van der Waals surface area contributed by atoms with E-state index in [0.717, 1.165) is 16.7 Å². The molecule has 7 nitrogen and oxygen atoms in total. The molecule has 144 valence electrons. The summed E-state index contributed by atoms with van der Waals surface area (Å²) in [7, 11) is -3.88. The molecule has 0 bridgehead atoms. The number of imidazole rings is 1. The minimum absolute atomic E-state index is 0.107. The number of carbonyl (C=O) groups is 1. The number of hydrogen-bond acceptors (Lipinski definition) is 5. The zero-order valence-corrected chi connectivity index (χ0v) is 15.9. The predicted octanol–water partition coefficient (Wildman–Crippen LogP) is 3.59. The lowest BCUT2D eigenvalue weighted by Crippen LogP contribution is -2.28. The highest BCUT2D eigenvalue weighted by Crippen LogP contribution is 2.30.